The second-order valence-corrected chi connectivity index (χ2v) is 4.04. The third kappa shape index (κ3) is 1.63. The molecule has 15 heavy (non-hydrogen) atoms. The van der Waals surface area contributed by atoms with Crippen molar-refractivity contribution < 1.29 is 13.2 Å². The summed E-state index contributed by atoms with van der Waals surface area (Å²) in [4.78, 5) is 3.66. The lowest BCUT2D eigenvalue weighted by Crippen LogP contribution is -2.37. The first kappa shape index (κ1) is 10.5. The number of fused-ring (bicyclic) bond motifs is 1. The van der Waals surface area contributed by atoms with Crippen LogP contribution in [0.15, 0.2) is 23.2 Å². The van der Waals surface area contributed by atoms with E-state index < -0.39 is 11.7 Å². The SMILES string of the molecule is CC1(C(F)(F)F)C=c2cc(Cl)ccc2=N1. The standard InChI is InChI=1S/C10H7ClF3N/c1-9(10(12,13)14)5-6-4-7(11)2-3-8(6)15-9/h2-5H,1H3. The van der Waals surface area contributed by atoms with Crippen molar-refractivity contribution in [2.24, 2.45) is 4.99 Å². The monoisotopic (exact) mass is 233 g/mol. The molecule has 1 heterocycles. The van der Waals surface area contributed by atoms with Crippen LogP contribution in [0.4, 0.5) is 13.2 Å². The van der Waals surface area contributed by atoms with Crippen molar-refractivity contribution in [3.63, 3.8) is 0 Å². The Morgan fingerprint density at radius 2 is 2.00 bits per heavy atom. The van der Waals surface area contributed by atoms with E-state index in [1.54, 1.807) is 0 Å². The van der Waals surface area contributed by atoms with E-state index in [-0.39, 0.29) is 0 Å². The van der Waals surface area contributed by atoms with Gasteiger partial charge in [-0.2, -0.15) is 13.2 Å². The number of hydrogen-bond donors (Lipinski definition) is 0. The van der Waals surface area contributed by atoms with Crippen LogP contribution >= 0.6 is 11.6 Å². The highest BCUT2D eigenvalue weighted by Crippen LogP contribution is 2.35. The summed E-state index contributed by atoms with van der Waals surface area (Å²) < 4.78 is 38.0. The molecule has 0 aliphatic carbocycles. The van der Waals surface area contributed by atoms with E-state index in [9.17, 15) is 13.2 Å². The molecule has 0 saturated heterocycles. The van der Waals surface area contributed by atoms with Gasteiger partial charge in [0.2, 0.25) is 0 Å². The van der Waals surface area contributed by atoms with Crippen LogP contribution in [-0.4, -0.2) is 11.7 Å². The lowest BCUT2D eigenvalue weighted by Gasteiger charge is -2.21. The highest BCUT2D eigenvalue weighted by molar-refractivity contribution is 6.30. The first-order valence-corrected chi connectivity index (χ1v) is 4.65. The van der Waals surface area contributed by atoms with Gasteiger partial charge in [-0.1, -0.05) is 11.6 Å². The summed E-state index contributed by atoms with van der Waals surface area (Å²) in [6.45, 7) is 1.04. The highest BCUT2D eigenvalue weighted by atomic mass is 35.5. The van der Waals surface area contributed by atoms with Gasteiger partial charge in [0, 0.05) is 5.02 Å². The number of nitrogens with zero attached hydrogens (tertiary/aromatic N) is 1. The van der Waals surface area contributed by atoms with Crippen molar-refractivity contribution in [2.45, 2.75) is 18.6 Å². The molecule has 1 aliphatic heterocycles. The Kier molecular flexibility index (Phi) is 2.08. The van der Waals surface area contributed by atoms with Gasteiger partial charge in [-0.3, -0.25) is 4.99 Å². The van der Waals surface area contributed by atoms with Gasteiger partial charge in [0.05, 0.1) is 5.36 Å². The molecule has 1 nitrogen and oxygen atoms in total. The summed E-state index contributed by atoms with van der Waals surface area (Å²) >= 11 is 5.69. The second-order valence-electron chi connectivity index (χ2n) is 3.60. The number of hydrogen-bond acceptors (Lipinski definition) is 1. The third-order valence-corrected chi connectivity index (χ3v) is 2.59. The molecule has 1 aliphatic rings. The maximum atomic E-state index is 12.7. The zero-order chi connectivity index (χ0) is 11.3. The van der Waals surface area contributed by atoms with Gasteiger partial charge in [0.1, 0.15) is 0 Å². The molecule has 0 amide bonds. The van der Waals surface area contributed by atoms with Crippen molar-refractivity contribution in [2.75, 3.05) is 0 Å². The maximum absolute atomic E-state index is 12.7. The largest absolute Gasteiger partial charge is 0.416 e. The van der Waals surface area contributed by atoms with Crippen LogP contribution in [0.5, 0.6) is 0 Å². The molecule has 2 rings (SSSR count). The maximum Gasteiger partial charge on any atom is 0.416 e. The van der Waals surface area contributed by atoms with E-state index in [0.717, 1.165) is 13.0 Å². The number of alkyl halides is 3. The third-order valence-electron chi connectivity index (χ3n) is 2.35. The van der Waals surface area contributed by atoms with Crippen LogP contribution in [0.3, 0.4) is 0 Å². The Morgan fingerprint density at radius 1 is 1.33 bits per heavy atom. The molecular weight excluding hydrogens is 227 g/mol. The van der Waals surface area contributed by atoms with Crippen LogP contribution < -0.4 is 10.6 Å². The summed E-state index contributed by atoms with van der Waals surface area (Å²) in [5.74, 6) is 0. The van der Waals surface area contributed by atoms with Gasteiger partial charge in [-0.05, 0) is 36.4 Å². The molecule has 1 atom stereocenters. The Bertz CT molecular complexity index is 520. The second kappa shape index (κ2) is 2.98. The zero-order valence-corrected chi connectivity index (χ0v) is 8.52. The van der Waals surface area contributed by atoms with Crippen LogP contribution in [0.25, 0.3) is 6.08 Å². The summed E-state index contributed by atoms with van der Waals surface area (Å²) in [6.07, 6.45) is -3.29. The molecule has 0 fully saturated rings. The minimum Gasteiger partial charge on any atom is -0.265 e. The van der Waals surface area contributed by atoms with Crippen molar-refractivity contribution in [3.05, 3.63) is 33.8 Å². The van der Waals surface area contributed by atoms with Gasteiger partial charge in [0.25, 0.3) is 0 Å². The molecule has 0 aromatic heterocycles. The number of benzene rings is 1. The van der Waals surface area contributed by atoms with E-state index in [0.29, 0.717) is 15.6 Å². The lowest BCUT2D eigenvalue weighted by atomic mass is 10.0. The molecule has 0 bridgehead atoms. The molecule has 5 heteroatoms. The number of rotatable bonds is 0. The van der Waals surface area contributed by atoms with Gasteiger partial charge >= 0.3 is 6.18 Å². The molecule has 0 saturated carbocycles. The van der Waals surface area contributed by atoms with Crippen LogP contribution in [0.1, 0.15) is 6.92 Å². The van der Waals surface area contributed by atoms with Crippen molar-refractivity contribution in [1.29, 1.82) is 0 Å². The Balaban J connectivity index is 2.66. The fourth-order valence-electron chi connectivity index (χ4n) is 1.47. The molecule has 80 valence electrons. The molecule has 0 radical (unpaired) electrons. The fourth-order valence-corrected chi connectivity index (χ4v) is 1.65. The molecule has 1 aromatic carbocycles. The molecular formula is C10H7ClF3N. The summed E-state index contributed by atoms with van der Waals surface area (Å²) in [7, 11) is 0. The van der Waals surface area contributed by atoms with Crippen molar-refractivity contribution >= 4 is 17.7 Å². The van der Waals surface area contributed by atoms with Gasteiger partial charge in [0.15, 0.2) is 5.54 Å². The topological polar surface area (TPSA) is 12.4 Å². The van der Waals surface area contributed by atoms with Crippen LogP contribution in [0, 0.1) is 0 Å². The van der Waals surface area contributed by atoms with E-state index in [2.05, 4.69) is 4.99 Å². The average molecular weight is 234 g/mol. The van der Waals surface area contributed by atoms with E-state index >= 15 is 0 Å². The normalized spacial score (nSPS) is 24.3. The van der Waals surface area contributed by atoms with E-state index in [4.69, 9.17) is 11.6 Å². The first-order valence-electron chi connectivity index (χ1n) is 4.27. The minimum absolute atomic E-state index is 0.333. The van der Waals surface area contributed by atoms with Gasteiger partial charge < -0.3 is 0 Å². The number of halogens is 4. The van der Waals surface area contributed by atoms with Gasteiger partial charge in [-0.25, -0.2) is 0 Å². The quantitative estimate of drug-likeness (QED) is 0.651. The van der Waals surface area contributed by atoms with Crippen molar-refractivity contribution in [1.82, 2.24) is 0 Å². The minimum atomic E-state index is -4.38. The predicted molar refractivity (Wildman–Crippen MR) is 51.2 cm³/mol. The smallest absolute Gasteiger partial charge is 0.265 e. The predicted octanol–water partition coefficient (Wildman–Crippen LogP) is 2.07. The van der Waals surface area contributed by atoms with Crippen molar-refractivity contribution in [3.8, 4) is 0 Å². The lowest BCUT2D eigenvalue weighted by molar-refractivity contribution is -0.161. The van der Waals surface area contributed by atoms with Crippen LogP contribution in [-0.2, 0) is 0 Å². The fraction of sp³-hybridized carbons (Fsp3) is 0.300. The van der Waals surface area contributed by atoms with Crippen LogP contribution in [0.2, 0.25) is 5.02 Å². The molecule has 0 N–H and O–H groups in total. The average Bonchev–Trinajstić information content (AvgIpc) is 2.40. The summed E-state index contributed by atoms with van der Waals surface area (Å²) in [5.41, 5.74) is -2.12. The molecule has 1 unspecified atom stereocenters. The Hall–Kier alpha value is -1.03. The zero-order valence-electron chi connectivity index (χ0n) is 7.77. The van der Waals surface area contributed by atoms with E-state index in [1.807, 2.05) is 0 Å². The van der Waals surface area contributed by atoms with E-state index in [1.165, 1.54) is 18.2 Å². The molecule has 0 spiro atoms. The summed E-state index contributed by atoms with van der Waals surface area (Å²) in [6, 6.07) is 4.50. The molecule has 1 aromatic rings. The summed E-state index contributed by atoms with van der Waals surface area (Å²) in [5, 5.41) is 1.17. The Morgan fingerprint density at radius 3 is 2.60 bits per heavy atom. The first-order chi connectivity index (χ1) is 6.82. The Labute approximate surface area is 88.9 Å². The van der Waals surface area contributed by atoms with Gasteiger partial charge in [-0.15, -0.1) is 0 Å². The highest BCUT2D eigenvalue weighted by Gasteiger charge is 2.50.